The molecule has 0 aliphatic heterocycles. The molecule has 18 heavy (non-hydrogen) atoms. The third-order valence-electron chi connectivity index (χ3n) is 2.83. The molecule has 1 heterocycles. The summed E-state index contributed by atoms with van der Waals surface area (Å²) in [4.78, 5) is 0. The average Bonchev–Trinajstić information content (AvgIpc) is 2.85. The zero-order valence-electron chi connectivity index (χ0n) is 10.8. The van der Waals surface area contributed by atoms with E-state index in [0.29, 0.717) is 0 Å². The Balaban J connectivity index is 0.00000162. The SMILES string of the molecule is CCCC[n+]1ccn(-c2ccc(OC)cc2)c1.[Br-]. The molecule has 0 unspecified atom stereocenters. The first kappa shape index (κ1) is 14.8. The van der Waals surface area contributed by atoms with Gasteiger partial charge in [-0.25, -0.2) is 9.13 Å². The lowest BCUT2D eigenvalue weighted by Gasteiger charge is -1.99. The summed E-state index contributed by atoms with van der Waals surface area (Å²) in [5.74, 6) is 0.889. The van der Waals surface area contributed by atoms with Gasteiger partial charge in [-0.1, -0.05) is 13.3 Å². The molecule has 0 N–H and O–H groups in total. The van der Waals surface area contributed by atoms with Crippen LogP contribution in [0, 0.1) is 0 Å². The number of aryl methyl sites for hydroxylation is 1. The zero-order chi connectivity index (χ0) is 12.1. The molecule has 0 saturated carbocycles. The van der Waals surface area contributed by atoms with Crippen molar-refractivity contribution in [2.45, 2.75) is 26.3 Å². The zero-order valence-corrected chi connectivity index (χ0v) is 12.4. The van der Waals surface area contributed by atoms with Crippen LogP contribution in [0.5, 0.6) is 5.75 Å². The average molecular weight is 311 g/mol. The third-order valence-corrected chi connectivity index (χ3v) is 2.83. The Morgan fingerprint density at radius 1 is 1.22 bits per heavy atom. The lowest BCUT2D eigenvalue weighted by Crippen LogP contribution is -3.00. The van der Waals surface area contributed by atoms with Crippen molar-refractivity contribution in [3.63, 3.8) is 0 Å². The first-order valence-electron chi connectivity index (χ1n) is 6.05. The van der Waals surface area contributed by atoms with Crippen molar-refractivity contribution in [1.29, 1.82) is 0 Å². The minimum atomic E-state index is 0. The summed E-state index contributed by atoms with van der Waals surface area (Å²) in [6, 6.07) is 8.07. The maximum absolute atomic E-state index is 5.15. The number of hydrogen-bond donors (Lipinski definition) is 0. The molecule has 1 aromatic carbocycles. The molecule has 0 spiro atoms. The molecule has 0 fully saturated rings. The minimum Gasteiger partial charge on any atom is -1.00 e. The van der Waals surface area contributed by atoms with Gasteiger partial charge in [0.25, 0.3) is 0 Å². The highest BCUT2D eigenvalue weighted by molar-refractivity contribution is 5.36. The molecule has 0 radical (unpaired) electrons. The summed E-state index contributed by atoms with van der Waals surface area (Å²) in [7, 11) is 1.68. The van der Waals surface area contributed by atoms with Gasteiger partial charge < -0.3 is 21.7 Å². The van der Waals surface area contributed by atoms with Crippen LogP contribution >= 0.6 is 0 Å². The first-order chi connectivity index (χ1) is 8.33. The number of nitrogens with zero attached hydrogens (tertiary/aromatic N) is 2. The third kappa shape index (κ3) is 3.60. The van der Waals surface area contributed by atoms with Crippen LogP contribution in [0.15, 0.2) is 43.0 Å². The Morgan fingerprint density at radius 2 is 1.94 bits per heavy atom. The van der Waals surface area contributed by atoms with Crippen LogP contribution in [0.25, 0.3) is 5.69 Å². The van der Waals surface area contributed by atoms with Crippen LogP contribution in [0.2, 0.25) is 0 Å². The molecular formula is C14H19BrN2O. The number of halogens is 1. The summed E-state index contributed by atoms with van der Waals surface area (Å²) < 4.78 is 9.49. The van der Waals surface area contributed by atoms with E-state index in [4.69, 9.17) is 4.74 Å². The normalized spacial score (nSPS) is 9.89. The van der Waals surface area contributed by atoms with Crippen molar-refractivity contribution in [3.8, 4) is 11.4 Å². The van der Waals surface area contributed by atoms with Crippen molar-refractivity contribution >= 4 is 0 Å². The van der Waals surface area contributed by atoms with Crippen molar-refractivity contribution in [2.75, 3.05) is 7.11 Å². The van der Waals surface area contributed by atoms with Crippen molar-refractivity contribution < 1.29 is 26.3 Å². The van der Waals surface area contributed by atoms with Crippen molar-refractivity contribution in [1.82, 2.24) is 4.57 Å². The number of unbranched alkanes of at least 4 members (excludes halogenated alkanes) is 1. The topological polar surface area (TPSA) is 18.0 Å². The highest BCUT2D eigenvalue weighted by Gasteiger charge is 2.05. The Hall–Kier alpha value is -1.29. The molecule has 4 heteroatoms. The fraction of sp³-hybridized carbons (Fsp3) is 0.357. The predicted octanol–water partition coefficient (Wildman–Crippen LogP) is -0.422. The Kier molecular flexibility index (Phi) is 5.92. The van der Waals surface area contributed by atoms with E-state index in [1.165, 1.54) is 12.8 Å². The van der Waals surface area contributed by atoms with E-state index >= 15 is 0 Å². The van der Waals surface area contributed by atoms with Crippen LogP contribution < -0.4 is 26.3 Å². The molecular weight excluding hydrogens is 292 g/mol. The molecule has 2 rings (SSSR count). The van der Waals surface area contributed by atoms with E-state index in [1.54, 1.807) is 7.11 Å². The van der Waals surface area contributed by atoms with Crippen molar-refractivity contribution in [2.24, 2.45) is 0 Å². The van der Waals surface area contributed by atoms with Crippen LogP contribution in [0.4, 0.5) is 0 Å². The monoisotopic (exact) mass is 310 g/mol. The van der Waals surface area contributed by atoms with Gasteiger partial charge in [-0.15, -0.1) is 0 Å². The number of ether oxygens (including phenoxy) is 1. The van der Waals surface area contributed by atoms with Gasteiger partial charge in [0.05, 0.1) is 13.7 Å². The number of aromatic nitrogens is 2. The number of hydrogen-bond acceptors (Lipinski definition) is 1. The maximum Gasteiger partial charge on any atom is 0.248 e. The lowest BCUT2D eigenvalue weighted by molar-refractivity contribution is -0.696. The van der Waals surface area contributed by atoms with Gasteiger partial charge in [-0.2, -0.15) is 0 Å². The number of rotatable bonds is 5. The molecule has 0 saturated heterocycles. The number of methoxy groups -OCH3 is 1. The van der Waals surface area contributed by atoms with Crippen LogP contribution in [-0.2, 0) is 6.54 Å². The second-order valence-electron chi connectivity index (χ2n) is 4.11. The van der Waals surface area contributed by atoms with Crippen LogP contribution in [0.1, 0.15) is 19.8 Å². The Bertz CT molecular complexity index is 465. The van der Waals surface area contributed by atoms with Gasteiger partial charge in [0.2, 0.25) is 6.33 Å². The van der Waals surface area contributed by atoms with Crippen LogP contribution in [-0.4, -0.2) is 11.7 Å². The van der Waals surface area contributed by atoms with E-state index < -0.39 is 0 Å². The molecule has 98 valence electrons. The predicted molar refractivity (Wildman–Crippen MR) is 67.4 cm³/mol. The van der Waals surface area contributed by atoms with Gasteiger partial charge in [-0.05, 0) is 30.7 Å². The standard InChI is InChI=1S/C14H19N2O.BrH/c1-3-4-9-15-10-11-16(12-15)13-5-7-14(17-2)8-6-13;/h5-8,10-12H,3-4,9H2,1-2H3;1H/q+1;/p-1. The molecule has 0 aliphatic rings. The quantitative estimate of drug-likeness (QED) is 0.686. The van der Waals surface area contributed by atoms with Gasteiger partial charge in [0.1, 0.15) is 23.8 Å². The fourth-order valence-corrected chi connectivity index (χ4v) is 1.77. The molecule has 0 amide bonds. The summed E-state index contributed by atoms with van der Waals surface area (Å²) in [5, 5.41) is 0. The van der Waals surface area contributed by atoms with Crippen molar-refractivity contribution in [3.05, 3.63) is 43.0 Å². The van der Waals surface area contributed by atoms with Gasteiger partial charge in [0, 0.05) is 0 Å². The summed E-state index contributed by atoms with van der Waals surface area (Å²) in [6.07, 6.45) is 8.76. The molecule has 0 bridgehead atoms. The summed E-state index contributed by atoms with van der Waals surface area (Å²) in [5.41, 5.74) is 1.15. The van der Waals surface area contributed by atoms with E-state index in [0.717, 1.165) is 18.0 Å². The summed E-state index contributed by atoms with van der Waals surface area (Å²) in [6.45, 7) is 3.29. The Labute approximate surface area is 119 Å². The molecule has 3 nitrogen and oxygen atoms in total. The second kappa shape index (κ2) is 7.21. The highest BCUT2D eigenvalue weighted by Crippen LogP contribution is 2.13. The van der Waals surface area contributed by atoms with E-state index in [1.807, 2.05) is 12.1 Å². The highest BCUT2D eigenvalue weighted by atomic mass is 79.9. The van der Waals surface area contributed by atoms with Gasteiger partial charge in [0.15, 0.2) is 0 Å². The second-order valence-corrected chi connectivity index (χ2v) is 4.11. The number of imidazole rings is 1. The van der Waals surface area contributed by atoms with Crippen LogP contribution in [0.3, 0.4) is 0 Å². The molecule has 1 aromatic heterocycles. The fourth-order valence-electron chi connectivity index (χ4n) is 1.77. The van der Waals surface area contributed by atoms with E-state index in [9.17, 15) is 0 Å². The maximum atomic E-state index is 5.15. The minimum absolute atomic E-state index is 0. The Morgan fingerprint density at radius 3 is 2.56 bits per heavy atom. The molecule has 2 aromatic rings. The number of benzene rings is 1. The lowest BCUT2D eigenvalue weighted by atomic mass is 10.3. The largest absolute Gasteiger partial charge is 1.00 e. The summed E-state index contributed by atoms with van der Waals surface area (Å²) >= 11 is 0. The molecule has 0 aliphatic carbocycles. The first-order valence-corrected chi connectivity index (χ1v) is 6.05. The van der Waals surface area contributed by atoms with E-state index in [-0.39, 0.29) is 17.0 Å². The van der Waals surface area contributed by atoms with E-state index in [2.05, 4.69) is 46.9 Å². The smallest absolute Gasteiger partial charge is 0.248 e. The van der Waals surface area contributed by atoms with Gasteiger partial charge >= 0.3 is 0 Å². The van der Waals surface area contributed by atoms with Gasteiger partial charge in [-0.3, -0.25) is 0 Å². The molecule has 0 atom stereocenters.